The van der Waals surface area contributed by atoms with Gasteiger partial charge in [-0.15, -0.1) is 0 Å². The van der Waals surface area contributed by atoms with Crippen LogP contribution in [-0.4, -0.2) is 18.5 Å². The highest BCUT2D eigenvalue weighted by molar-refractivity contribution is 6.30. The van der Waals surface area contributed by atoms with Gasteiger partial charge in [-0.2, -0.15) is 0 Å². The molecule has 0 bridgehead atoms. The summed E-state index contributed by atoms with van der Waals surface area (Å²) in [4.78, 5) is 2.38. The molecule has 0 aliphatic carbocycles. The molecule has 0 radical (unpaired) electrons. The molecule has 0 unspecified atom stereocenters. The van der Waals surface area contributed by atoms with Crippen molar-refractivity contribution in [1.82, 2.24) is 4.90 Å². The number of hydrogen-bond acceptors (Lipinski definition) is 1. The van der Waals surface area contributed by atoms with Gasteiger partial charge in [0.25, 0.3) is 0 Å². The number of rotatable bonds is 2. The summed E-state index contributed by atoms with van der Waals surface area (Å²) in [5.41, 5.74) is 6.92. The van der Waals surface area contributed by atoms with Crippen LogP contribution in [0.1, 0.15) is 36.5 Å². The monoisotopic (exact) mass is 299 g/mol. The van der Waals surface area contributed by atoms with Gasteiger partial charge in [-0.25, -0.2) is 0 Å². The van der Waals surface area contributed by atoms with Gasteiger partial charge >= 0.3 is 0 Å². The Morgan fingerprint density at radius 1 is 1.05 bits per heavy atom. The third-order valence-electron chi connectivity index (χ3n) is 4.36. The normalized spacial score (nSPS) is 15.3. The van der Waals surface area contributed by atoms with Gasteiger partial charge in [0.05, 0.1) is 0 Å². The summed E-state index contributed by atoms with van der Waals surface area (Å²) in [5.74, 6) is 0.473. The van der Waals surface area contributed by atoms with E-state index >= 15 is 0 Å². The van der Waals surface area contributed by atoms with E-state index in [1.54, 1.807) is 0 Å². The minimum Gasteiger partial charge on any atom is -0.302 e. The third-order valence-corrected chi connectivity index (χ3v) is 4.59. The van der Waals surface area contributed by atoms with Gasteiger partial charge in [0, 0.05) is 18.1 Å². The second-order valence-corrected chi connectivity index (χ2v) is 6.79. The number of benzene rings is 2. The van der Waals surface area contributed by atoms with Crippen LogP contribution in [0.25, 0.3) is 11.1 Å². The molecule has 1 heterocycles. The Balaban J connectivity index is 2.05. The molecule has 2 aromatic carbocycles. The Bertz CT molecular complexity index is 661. The Labute approximate surface area is 132 Å². The maximum absolute atomic E-state index is 6.17. The van der Waals surface area contributed by atoms with Crippen LogP contribution < -0.4 is 0 Å². The molecule has 2 heteroatoms. The van der Waals surface area contributed by atoms with Crippen molar-refractivity contribution in [2.24, 2.45) is 0 Å². The van der Waals surface area contributed by atoms with Gasteiger partial charge in [-0.05, 0) is 59.3 Å². The van der Waals surface area contributed by atoms with Crippen molar-refractivity contribution < 1.29 is 0 Å². The molecule has 0 spiro atoms. The Kier molecular flexibility index (Phi) is 4.05. The molecule has 0 atom stereocenters. The fraction of sp³-hybridized carbons (Fsp3) is 0.368. The molecule has 0 fully saturated rings. The zero-order valence-electron chi connectivity index (χ0n) is 13.0. The highest BCUT2D eigenvalue weighted by atomic mass is 35.5. The summed E-state index contributed by atoms with van der Waals surface area (Å²) in [6.07, 6.45) is 1.14. The number of hydrogen-bond donors (Lipinski definition) is 0. The second kappa shape index (κ2) is 5.82. The summed E-state index contributed by atoms with van der Waals surface area (Å²) in [6, 6.07) is 13.2. The van der Waals surface area contributed by atoms with E-state index in [9.17, 15) is 0 Å². The van der Waals surface area contributed by atoms with Crippen LogP contribution in [0, 0.1) is 0 Å². The van der Waals surface area contributed by atoms with Crippen molar-refractivity contribution >= 4 is 11.6 Å². The minimum atomic E-state index is 0.473. The molecule has 0 N–H and O–H groups in total. The molecule has 1 aliphatic rings. The quantitative estimate of drug-likeness (QED) is 0.744. The molecule has 110 valence electrons. The summed E-state index contributed by atoms with van der Waals surface area (Å²) in [7, 11) is 2.19. The molecule has 0 saturated heterocycles. The standard InChI is InChI=1S/C19H22ClN/c1-13(2)19-11-17(20)6-7-18(19)15-4-5-16-12-21(3)9-8-14(16)10-15/h4-7,10-11,13H,8-9,12H2,1-3H3. The average molecular weight is 300 g/mol. The summed E-state index contributed by atoms with van der Waals surface area (Å²) < 4.78 is 0. The molecule has 0 aromatic heterocycles. The van der Waals surface area contributed by atoms with Crippen molar-refractivity contribution in [3.63, 3.8) is 0 Å². The Morgan fingerprint density at radius 3 is 2.62 bits per heavy atom. The van der Waals surface area contributed by atoms with Crippen molar-refractivity contribution in [2.75, 3.05) is 13.6 Å². The van der Waals surface area contributed by atoms with Crippen molar-refractivity contribution in [3.8, 4) is 11.1 Å². The van der Waals surface area contributed by atoms with Gasteiger partial charge in [0.15, 0.2) is 0 Å². The van der Waals surface area contributed by atoms with Gasteiger partial charge < -0.3 is 4.90 Å². The van der Waals surface area contributed by atoms with Crippen LogP contribution in [0.5, 0.6) is 0 Å². The first-order valence-corrected chi connectivity index (χ1v) is 8.02. The smallest absolute Gasteiger partial charge is 0.0409 e. The topological polar surface area (TPSA) is 3.24 Å². The van der Waals surface area contributed by atoms with Crippen LogP contribution in [-0.2, 0) is 13.0 Å². The summed E-state index contributed by atoms with van der Waals surface area (Å²) in [6.45, 7) is 6.66. The number of halogens is 1. The third kappa shape index (κ3) is 3.00. The van der Waals surface area contributed by atoms with Crippen LogP contribution in [0.15, 0.2) is 36.4 Å². The van der Waals surface area contributed by atoms with Crippen molar-refractivity contribution in [2.45, 2.75) is 32.7 Å². The Morgan fingerprint density at radius 2 is 1.86 bits per heavy atom. The molecule has 0 saturated carbocycles. The number of likely N-dealkylation sites (N-methyl/N-ethyl adjacent to an activating group) is 1. The lowest BCUT2D eigenvalue weighted by Gasteiger charge is -2.25. The maximum Gasteiger partial charge on any atom is 0.0409 e. The molecule has 1 nitrogen and oxygen atoms in total. The Hall–Kier alpha value is -1.31. The average Bonchev–Trinajstić information content (AvgIpc) is 2.46. The fourth-order valence-corrected chi connectivity index (χ4v) is 3.32. The van der Waals surface area contributed by atoms with Gasteiger partial charge in [0.1, 0.15) is 0 Å². The zero-order valence-corrected chi connectivity index (χ0v) is 13.7. The SMILES string of the molecule is CC(C)c1cc(Cl)ccc1-c1ccc2c(c1)CCN(C)C2. The summed E-state index contributed by atoms with van der Waals surface area (Å²) >= 11 is 6.17. The molecule has 2 aromatic rings. The van der Waals surface area contributed by atoms with E-state index in [0.29, 0.717) is 5.92 Å². The lowest BCUT2D eigenvalue weighted by molar-refractivity contribution is 0.313. The van der Waals surface area contributed by atoms with E-state index in [0.717, 1.165) is 24.5 Å². The predicted octanol–water partition coefficient (Wildman–Crippen LogP) is 5.12. The molecule has 1 aliphatic heterocycles. The maximum atomic E-state index is 6.17. The lowest BCUT2D eigenvalue weighted by Crippen LogP contribution is -2.26. The van der Waals surface area contributed by atoms with Crippen LogP contribution in [0.2, 0.25) is 5.02 Å². The van der Waals surface area contributed by atoms with Gasteiger partial charge in [-0.3, -0.25) is 0 Å². The first kappa shape index (κ1) is 14.6. The molecular weight excluding hydrogens is 278 g/mol. The van der Waals surface area contributed by atoms with Crippen LogP contribution >= 0.6 is 11.6 Å². The predicted molar refractivity (Wildman–Crippen MR) is 91.0 cm³/mol. The van der Waals surface area contributed by atoms with E-state index in [2.05, 4.69) is 56.1 Å². The number of nitrogens with zero attached hydrogens (tertiary/aromatic N) is 1. The number of fused-ring (bicyclic) bond motifs is 1. The van der Waals surface area contributed by atoms with Crippen molar-refractivity contribution in [3.05, 3.63) is 58.1 Å². The largest absolute Gasteiger partial charge is 0.302 e. The molecular formula is C19H22ClN. The van der Waals surface area contributed by atoms with E-state index < -0.39 is 0 Å². The van der Waals surface area contributed by atoms with Crippen LogP contribution in [0.3, 0.4) is 0 Å². The van der Waals surface area contributed by atoms with E-state index in [1.165, 1.54) is 27.8 Å². The van der Waals surface area contributed by atoms with E-state index in [1.807, 2.05) is 6.07 Å². The summed E-state index contributed by atoms with van der Waals surface area (Å²) in [5, 5.41) is 0.821. The molecule has 3 rings (SSSR count). The first-order valence-electron chi connectivity index (χ1n) is 7.65. The first-order chi connectivity index (χ1) is 10.0. The van der Waals surface area contributed by atoms with Crippen LogP contribution in [0.4, 0.5) is 0 Å². The highest BCUT2D eigenvalue weighted by Crippen LogP contribution is 2.33. The van der Waals surface area contributed by atoms with E-state index in [-0.39, 0.29) is 0 Å². The second-order valence-electron chi connectivity index (χ2n) is 6.36. The highest BCUT2D eigenvalue weighted by Gasteiger charge is 2.15. The van der Waals surface area contributed by atoms with Gasteiger partial charge in [-0.1, -0.05) is 49.7 Å². The lowest BCUT2D eigenvalue weighted by atomic mass is 9.89. The van der Waals surface area contributed by atoms with Gasteiger partial charge in [0.2, 0.25) is 0 Å². The molecule has 21 heavy (non-hydrogen) atoms. The van der Waals surface area contributed by atoms with E-state index in [4.69, 9.17) is 11.6 Å². The molecule has 0 amide bonds. The fourth-order valence-electron chi connectivity index (χ4n) is 3.14. The van der Waals surface area contributed by atoms with Crippen molar-refractivity contribution in [1.29, 1.82) is 0 Å². The zero-order chi connectivity index (χ0) is 15.0. The minimum absolute atomic E-state index is 0.473.